The van der Waals surface area contributed by atoms with Crippen molar-refractivity contribution >= 4 is 21.2 Å². The van der Waals surface area contributed by atoms with Crippen molar-refractivity contribution in [3.63, 3.8) is 0 Å². The van der Waals surface area contributed by atoms with Crippen LogP contribution in [0.1, 0.15) is 16.7 Å². The van der Waals surface area contributed by atoms with Crippen LogP contribution in [0.25, 0.3) is 0 Å². The average molecular weight is 261 g/mol. The Hall–Kier alpha value is -0.390. The van der Waals surface area contributed by atoms with E-state index in [4.69, 9.17) is 0 Å². The Balaban J connectivity index is 2.29. The van der Waals surface area contributed by atoms with Crippen LogP contribution < -0.4 is 5.32 Å². The third-order valence-electron chi connectivity index (χ3n) is 2.27. The Morgan fingerprint density at radius 1 is 1.44 bits per heavy atom. The molecule has 1 heterocycles. The molecule has 16 heavy (non-hydrogen) atoms. The van der Waals surface area contributed by atoms with Gasteiger partial charge in [-0.25, -0.2) is 8.42 Å². The highest BCUT2D eigenvalue weighted by atomic mass is 32.2. The van der Waals surface area contributed by atoms with Gasteiger partial charge in [-0.2, -0.15) is 0 Å². The van der Waals surface area contributed by atoms with Crippen LogP contribution >= 0.6 is 11.3 Å². The zero-order valence-corrected chi connectivity index (χ0v) is 11.6. The summed E-state index contributed by atoms with van der Waals surface area (Å²) in [5, 5.41) is 3.22. The first-order valence-electron chi connectivity index (χ1n) is 5.33. The molecule has 0 bridgehead atoms. The van der Waals surface area contributed by atoms with E-state index in [1.54, 1.807) is 11.3 Å². The monoisotopic (exact) mass is 261 g/mol. The third-order valence-corrected chi connectivity index (χ3v) is 4.24. The molecule has 0 aromatic carbocycles. The van der Waals surface area contributed by atoms with Gasteiger partial charge in [0.2, 0.25) is 0 Å². The van der Waals surface area contributed by atoms with E-state index in [0.29, 0.717) is 12.6 Å². The van der Waals surface area contributed by atoms with Crippen molar-refractivity contribution in [2.45, 2.75) is 26.3 Å². The molecule has 1 unspecified atom stereocenters. The Bertz CT molecular complexity index is 423. The van der Waals surface area contributed by atoms with Gasteiger partial charge in [0.15, 0.2) is 0 Å². The first-order valence-corrected chi connectivity index (χ1v) is 8.21. The van der Waals surface area contributed by atoms with E-state index < -0.39 is 9.84 Å². The molecule has 0 saturated heterocycles. The molecule has 1 rings (SSSR count). The zero-order valence-electron chi connectivity index (χ0n) is 9.99. The van der Waals surface area contributed by atoms with Crippen molar-refractivity contribution in [1.82, 2.24) is 5.32 Å². The van der Waals surface area contributed by atoms with Crippen LogP contribution in [0.15, 0.2) is 12.1 Å². The lowest BCUT2D eigenvalue weighted by Gasteiger charge is -2.11. The lowest BCUT2D eigenvalue weighted by Crippen LogP contribution is -2.32. The second-order valence-electron chi connectivity index (χ2n) is 4.20. The summed E-state index contributed by atoms with van der Waals surface area (Å²) in [5.41, 5.74) is 0. The van der Waals surface area contributed by atoms with Crippen molar-refractivity contribution in [1.29, 1.82) is 0 Å². The SMILES string of the molecule is Cc1ccc(CC(C)NCCS(C)(=O)=O)s1. The number of nitrogens with one attached hydrogen (secondary N) is 1. The fourth-order valence-electron chi connectivity index (χ4n) is 1.46. The first-order chi connectivity index (χ1) is 7.37. The molecule has 0 aliphatic heterocycles. The van der Waals surface area contributed by atoms with E-state index in [9.17, 15) is 8.42 Å². The summed E-state index contributed by atoms with van der Waals surface area (Å²) in [6.07, 6.45) is 2.23. The minimum Gasteiger partial charge on any atom is -0.313 e. The normalized spacial score (nSPS) is 13.9. The molecule has 1 atom stereocenters. The van der Waals surface area contributed by atoms with E-state index in [-0.39, 0.29) is 5.75 Å². The molecule has 1 aromatic rings. The Labute approximate surface area is 102 Å². The van der Waals surface area contributed by atoms with Gasteiger partial charge in [-0.05, 0) is 32.4 Å². The van der Waals surface area contributed by atoms with Gasteiger partial charge < -0.3 is 5.32 Å². The van der Waals surface area contributed by atoms with Crippen LogP contribution in [-0.2, 0) is 16.3 Å². The molecule has 1 N–H and O–H groups in total. The smallest absolute Gasteiger partial charge is 0.148 e. The molecule has 5 heteroatoms. The molecule has 3 nitrogen and oxygen atoms in total. The van der Waals surface area contributed by atoms with Crippen molar-refractivity contribution in [2.24, 2.45) is 0 Å². The van der Waals surface area contributed by atoms with Gasteiger partial charge in [-0.15, -0.1) is 11.3 Å². The Kier molecular flexibility index (Phi) is 4.95. The van der Waals surface area contributed by atoms with Crippen LogP contribution in [0, 0.1) is 6.92 Å². The second-order valence-corrected chi connectivity index (χ2v) is 7.83. The maximum atomic E-state index is 10.9. The Morgan fingerprint density at radius 2 is 2.12 bits per heavy atom. The molecular formula is C11H19NO2S2. The van der Waals surface area contributed by atoms with E-state index in [2.05, 4.69) is 31.3 Å². The van der Waals surface area contributed by atoms with Gasteiger partial charge in [0.05, 0.1) is 5.75 Å². The fourth-order valence-corrected chi connectivity index (χ4v) is 2.97. The summed E-state index contributed by atoms with van der Waals surface area (Å²) in [5.74, 6) is 0.209. The van der Waals surface area contributed by atoms with Crippen LogP contribution in [-0.4, -0.2) is 33.0 Å². The van der Waals surface area contributed by atoms with Crippen molar-refractivity contribution in [3.05, 3.63) is 21.9 Å². The third kappa shape index (κ3) is 5.63. The second kappa shape index (κ2) is 5.80. The summed E-state index contributed by atoms with van der Waals surface area (Å²) >= 11 is 1.80. The van der Waals surface area contributed by atoms with Crippen LogP contribution in [0.4, 0.5) is 0 Å². The number of thiophene rings is 1. The molecule has 0 aliphatic carbocycles. The molecule has 0 amide bonds. The van der Waals surface area contributed by atoms with Gasteiger partial charge in [0.25, 0.3) is 0 Å². The summed E-state index contributed by atoms with van der Waals surface area (Å²) in [6, 6.07) is 4.57. The number of sulfone groups is 1. The number of hydrogen-bond acceptors (Lipinski definition) is 4. The molecule has 0 radical (unpaired) electrons. The Morgan fingerprint density at radius 3 is 2.62 bits per heavy atom. The largest absolute Gasteiger partial charge is 0.313 e. The fraction of sp³-hybridized carbons (Fsp3) is 0.636. The van der Waals surface area contributed by atoms with Crippen molar-refractivity contribution in [2.75, 3.05) is 18.6 Å². The maximum Gasteiger partial charge on any atom is 0.148 e. The van der Waals surface area contributed by atoms with E-state index in [1.807, 2.05) is 0 Å². The number of rotatable bonds is 6. The van der Waals surface area contributed by atoms with Gasteiger partial charge in [-0.1, -0.05) is 0 Å². The minimum absolute atomic E-state index is 0.209. The first kappa shape index (κ1) is 13.7. The zero-order chi connectivity index (χ0) is 12.2. The van der Waals surface area contributed by atoms with E-state index >= 15 is 0 Å². The topological polar surface area (TPSA) is 46.2 Å². The van der Waals surface area contributed by atoms with E-state index in [0.717, 1.165) is 6.42 Å². The number of hydrogen-bond donors (Lipinski definition) is 1. The predicted molar refractivity (Wildman–Crippen MR) is 69.9 cm³/mol. The van der Waals surface area contributed by atoms with Gasteiger partial charge in [-0.3, -0.25) is 0 Å². The molecule has 92 valence electrons. The maximum absolute atomic E-state index is 10.9. The molecule has 0 saturated carbocycles. The quantitative estimate of drug-likeness (QED) is 0.846. The summed E-state index contributed by atoms with van der Waals surface area (Å²) in [7, 11) is -2.85. The van der Waals surface area contributed by atoms with Gasteiger partial charge in [0.1, 0.15) is 9.84 Å². The van der Waals surface area contributed by atoms with E-state index in [1.165, 1.54) is 16.0 Å². The summed E-state index contributed by atoms with van der Waals surface area (Å²) in [6.45, 7) is 4.71. The highest BCUT2D eigenvalue weighted by Gasteiger charge is 2.06. The summed E-state index contributed by atoms with van der Waals surface area (Å²) in [4.78, 5) is 2.66. The highest BCUT2D eigenvalue weighted by Crippen LogP contribution is 2.16. The predicted octanol–water partition coefficient (Wildman–Crippen LogP) is 1.62. The standard InChI is InChI=1S/C11H19NO2S2/c1-9(12-6-7-16(3,13)14)8-11-5-4-10(2)15-11/h4-5,9,12H,6-8H2,1-3H3. The van der Waals surface area contributed by atoms with Crippen molar-refractivity contribution in [3.8, 4) is 0 Å². The summed E-state index contributed by atoms with van der Waals surface area (Å²) < 4.78 is 21.9. The highest BCUT2D eigenvalue weighted by molar-refractivity contribution is 7.90. The molecule has 1 aromatic heterocycles. The van der Waals surface area contributed by atoms with Crippen LogP contribution in [0.3, 0.4) is 0 Å². The molecule has 0 aliphatic rings. The lowest BCUT2D eigenvalue weighted by atomic mass is 10.2. The lowest BCUT2D eigenvalue weighted by molar-refractivity contribution is 0.558. The minimum atomic E-state index is -2.85. The average Bonchev–Trinajstić information content (AvgIpc) is 2.48. The van der Waals surface area contributed by atoms with Crippen molar-refractivity contribution < 1.29 is 8.42 Å². The molecular weight excluding hydrogens is 242 g/mol. The molecule has 0 spiro atoms. The van der Waals surface area contributed by atoms with Gasteiger partial charge >= 0.3 is 0 Å². The number of aryl methyl sites for hydroxylation is 1. The van der Waals surface area contributed by atoms with Gasteiger partial charge in [0, 0.05) is 28.6 Å². The van der Waals surface area contributed by atoms with Crippen LogP contribution in [0.2, 0.25) is 0 Å². The molecule has 0 fully saturated rings. The van der Waals surface area contributed by atoms with Crippen LogP contribution in [0.5, 0.6) is 0 Å².